The summed E-state index contributed by atoms with van der Waals surface area (Å²) in [4.78, 5) is 16.5. The van der Waals surface area contributed by atoms with Crippen molar-refractivity contribution in [1.29, 1.82) is 0 Å². The van der Waals surface area contributed by atoms with E-state index in [-0.39, 0.29) is 16.4 Å². The third-order valence-corrected chi connectivity index (χ3v) is 7.78. The van der Waals surface area contributed by atoms with E-state index in [2.05, 4.69) is 0 Å². The molecule has 0 radical (unpaired) electrons. The molecule has 0 saturated carbocycles. The molecule has 2 aromatic rings. The molecule has 32 heavy (non-hydrogen) atoms. The van der Waals surface area contributed by atoms with Gasteiger partial charge in [0.25, 0.3) is 5.91 Å². The Labute approximate surface area is 185 Å². The van der Waals surface area contributed by atoms with Crippen LogP contribution in [0.5, 0.6) is 0 Å². The summed E-state index contributed by atoms with van der Waals surface area (Å²) in [6.07, 6.45) is -2.75. The molecule has 0 atom stereocenters. The minimum Gasteiger partial charge on any atom is -0.368 e. The number of hydrogen-bond donors (Lipinski definition) is 0. The lowest BCUT2D eigenvalue weighted by molar-refractivity contribution is -0.137. The molecular formula is C22H24F3N3O3S. The zero-order valence-electron chi connectivity index (χ0n) is 17.4. The van der Waals surface area contributed by atoms with Gasteiger partial charge in [-0.15, -0.1) is 0 Å². The number of amides is 1. The molecule has 1 amide bonds. The quantitative estimate of drug-likeness (QED) is 0.691. The van der Waals surface area contributed by atoms with Gasteiger partial charge in [-0.05, 0) is 49.2 Å². The molecule has 0 N–H and O–H groups in total. The summed E-state index contributed by atoms with van der Waals surface area (Å²) >= 11 is 0. The Morgan fingerprint density at radius 1 is 0.844 bits per heavy atom. The van der Waals surface area contributed by atoms with Crippen LogP contribution >= 0.6 is 0 Å². The number of rotatable bonds is 4. The van der Waals surface area contributed by atoms with Crippen molar-refractivity contribution < 1.29 is 26.4 Å². The lowest BCUT2D eigenvalue weighted by atomic mass is 10.1. The molecule has 2 saturated heterocycles. The van der Waals surface area contributed by atoms with Crippen LogP contribution in [0.1, 0.15) is 28.8 Å². The Morgan fingerprint density at radius 2 is 1.50 bits per heavy atom. The summed E-state index contributed by atoms with van der Waals surface area (Å²) in [5, 5.41) is 0. The molecule has 0 bridgehead atoms. The topological polar surface area (TPSA) is 60.9 Å². The van der Waals surface area contributed by atoms with E-state index in [1.54, 1.807) is 23.1 Å². The molecule has 2 aromatic carbocycles. The van der Waals surface area contributed by atoms with Crippen molar-refractivity contribution in [3.63, 3.8) is 0 Å². The predicted octanol–water partition coefficient (Wildman–Crippen LogP) is 3.45. The summed E-state index contributed by atoms with van der Waals surface area (Å²) in [5.41, 5.74) is 0.0490. The summed E-state index contributed by atoms with van der Waals surface area (Å²) in [6, 6.07) is 11.2. The second kappa shape index (κ2) is 8.74. The molecule has 2 aliphatic rings. The van der Waals surface area contributed by atoms with Crippen molar-refractivity contribution in [1.82, 2.24) is 9.21 Å². The Morgan fingerprint density at radius 3 is 2.16 bits per heavy atom. The number of piperazine rings is 1. The molecule has 2 fully saturated rings. The van der Waals surface area contributed by atoms with E-state index < -0.39 is 21.8 Å². The van der Waals surface area contributed by atoms with E-state index in [1.807, 2.05) is 4.90 Å². The number of hydrogen-bond acceptors (Lipinski definition) is 4. The van der Waals surface area contributed by atoms with Crippen molar-refractivity contribution in [2.45, 2.75) is 23.9 Å². The molecule has 2 heterocycles. The number of halogens is 3. The fourth-order valence-corrected chi connectivity index (χ4v) is 5.66. The van der Waals surface area contributed by atoms with Crippen LogP contribution < -0.4 is 4.90 Å². The van der Waals surface area contributed by atoms with E-state index >= 15 is 0 Å². The van der Waals surface area contributed by atoms with E-state index in [9.17, 15) is 26.4 Å². The molecule has 4 rings (SSSR count). The molecule has 10 heteroatoms. The first-order chi connectivity index (χ1) is 15.2. The number of carbonyl (C=O) groups is 1. The van der Waals surface area contributed by atoms with Crippen LogP contribution in [0.4, 0.5) is 18.9 Å². The second-order valence-corrected chi connectivity index (χ2v) is 9.90. The molecule has 2 aliphatic heterocycles. The van der Waals surface area contributed by atoms with Gasteiger partial charge >= 0.3 is 6.18 Å². The van der Waals surface area contributed by atoms with Gasteiger partial charge in [0.2, 0.25) is 10.0 Å². The van der Waals surface area contributed by atoms with Gasteiger partial charge in [0.15, 0.2) is 0 Å². The number of alkyl halides is 3. The number of benzene rings is 2. The maximum absolute atomic E-state index is 13.0. The highest BCUT2D eigenvalue weighted by Crippen LogP contribution is 2.32. The minimum absolute atomic E-state index is 0.104. The Hall–Kier alpha value is -2.59. The molecule has 0 unspecified atom stereocenters. The smallest absolute Gasteiger partial charge is 0.368 e. The monoisotopic (exact) mass is 467 g/mol. The van der Waals surface area contributed by atoms with Crippen LogP contribution in [0.3, 0.4) is 0 Å². The molecule has 0 spiro atoms. The van der Waals surface area contributed by atoms with Crippen LogP contribution in [0.25, 0.3) is 0 Å². The van der Waals surface area contributed by atoms with Crippen molar-refractivity contribution in [3.05, 3.63) is 59.7 Å². The fraction of sp³-hybridized carbons (Fsp3) is 0.409. The van der Waals surface area contributed by atoms with Gasteiger partial charge in [-0.3, -0.25) is 4.79 Å². The zero-order chi connectivity index (χ0) is 22.9. The highest BCUT2D eigenvalue weighted by atomic mass is 32.2. The number of carbonyl (C=O) groups excluding carboxylic acids is 1. The normalized spacial score (nSPS) is 18.2. The van der Waals surface area contributed by atoms with Crippen molar-refractivity contribution in [3.8, 4) is 0 Å². The first-order valence-electron chi connectivity index (χ1n) is 10.5. The largest absolute Gasteiger partial charge is 0.416 e. The van der Waals surface area contributed by atoms with Crippen LogP contribution in [0.2, 0.25) is 0 Å². The van der Waals surface area contributed by atoms with E-state index in [4.69, 9.17) is 0 Å². The average molecular weight is 468 g/mol. The van der Waals surface area contributed by atoms with Gasteiger partial charge in [-0.1, -0.05) is 12.1 Å². The Bertz CT molecular complexity index is 1090. The van der Waals surface area contributed by atoms with Crippen LogP contribution in [-0.4, -0.2) is 62.8 Å². The van der Waals surface area contributed by atoms with Crippen molar-refractivity contribution in [2.24, 2.45) is 0 Å². The Kier molecular flexibility index (Phi) is 6.17. The van der Waals surface area contributed by atoms with Gasteiger partial charge in [-0.25, -0.2) is 8.42 Å². The van der Waals surface area contributed by atoms with Gasteiger partial charge < -0.3 is 9.80 Å². The van der Waals surface area contributed by atoms with Gasteiger partial charge in [0.05, 0.1) is 10.5 Å². The highest BCUT2D eigenvalue weighted by molar-refractivity contribution is 7.89. The third kappa shape index (κ3) is 4.61. The standard InChI is InChI=1S/C22H24F3N3O3S/c23-22(24,25)18-6-4-7-19(16-18)26-11-13-27(14-12-26)21(29)17-5-3-8-20(15-17)32(30,31)28-9-1-2-10-28/h3-8,15-16H,1-2,9-14H2. The third-order valence-electron chi connectivity index (χ3n) is 5.89. The molecule has 6 nitrogen and oxygen atoms in total. The second-order valence-electron chi connectivity index (χ2n) is 7.97. The predicted molar refractivity (Wildman–Crippen MR) is 114 cm³/mol. The maximum atomic E-state index is 13.0. The lowest BCUT2D eigenvalue weighted by Crippen LogP contribution is -2.48. The van der Waals surface area contributed by atoms with Crippen molar-refractivity contribution >= 4 is 21.6 Å². The van der Waals surface area contributed by atoms with E-state index in [1.165, 1.54) is 22.5 Å². The van der Waals surface area contributed by atoms with E-state index in [0.717, 1.165) is 25.0 Å². The fourth-order valence-electron chi connectivity index (χ4n) is 4.10. The van der Waals surface area contributed by atoms with Crippen molar-refractivity contribution in [2.75, 3.05) is 44.2 Å². The average Bonchev–Trinajstić information content (AvgIpc) is 3.34. The summed E-state index contributed by atoms with van der Waals surface area (Å²) < 4.78 is 66.0. The number of sulfonamides is 1. The minimum atomic E-state index is -4.41. The maximum Gasteiger partial charge on any atom is 0.416 e. The van der Waals surface area contributed by atoms with Crippen LogP contribution in [0, 0.1) is 0 Å². The number of nitrogens with zero attached hydrogens (tertiary/aromatic N) is 3. The number of anilines is 1. The first kappa shape index (κ1) is 22.6. The lowest BCUT2D eigenvalue weighted by Gasteiger charge is -2.36. The van der Waals surface area contributed by atoms with Gasteiger partial charge in [0.1, 0.15) is 0 Å². The zero-order valence-corrected chi connectivity index (χ0v) is 18.2. The molecular weight excluding hydrogens is 443 g/mol. The first-order valence-corrected chi connectivity index (χ1v) is 11.9. The summed E-state index contributed by atoms with van der Waals surface area (Å²) in [7, 11) is -3.62. The molecule has 0 aromatic heterocycles. The SMILES string of the molecule is O=C(c1cccc(S(=O)(=O)N2CCCC2)c1)N1CCN(c2cccc(C(F)(F)F)c2)CC1. The Balaban J connectivity index is 1.44. The van der Waals surface area contributed by atoms with E-state index in [0.29, 0.717) is 45.0 Å². The van der Waals surface area contributed by atoms with Gasteiger partial charge in [-0.2, -0.15) is 17.5 Å². The molecule has 172 valence electrons. The summed E-state index contributed by atoms with van der Waals surface area (Å²) in [5.74, 6) is -0.285. The van der Waals surface area contributed by atoms with Crippen LogP contribution in [-0.2, 0) is 16.2 Å². The van der Waals surface area contributed by atoms with Gasteiger partial charge in [0, 0.05) is 50.5 Å². The van der Waals surface area contributed by atoms with Crippen LogP contribution in [0.15, 0.2) is 53.4 Å². The highest BCUT2D eigenvalue weighted by Gasteiger charge is 2.32. The summed E-state index contributed by atoms with van der Waals surface area (Å²) in [6.45, 7) is 2.41. The molecule has 0 aliphatic carbocycles.